The predicted octanol–water partition coefficient (Wildman–Crippen LogP) is 3.32. The van der Waals surface area contributed by atoms with Gasteiger partial charge in [0.05, 0.1) is 4.92 Å². The Morgan fingerprint density at radius 1 is 1.03 bits per heavy atom. The zero-order valence-electron chi connectivity index (χ0n) is 15.2. The van der Waals surface area contributed by atoms with E-state index in [1.807, 2.05) is 24.3 Å². The van der Waals surface area contributed by atoms with Crippen LogP contribution < -0.4 is 10.5 Å². The highest BCUT2D eigenvalue weighted by Crippen LogP contribution is 2.22. The fraction of sp³-hybridized carbons (Fsp3) is 0.200. The molecule has 0 bridgehead atoms. The van der Waals surface area contributed by atoms with Gasteiger partial charge in [-0.05, 0) is 36.4 Å². The van der Waals surface area contributed by atoms with E-state index < -0.39 is 16.5 Å². The van der Waals surface area contributed by atoms with Crippen molar-refractivity contribution in [2.24, 2.45) is 0 Å². The van der Waals surface area contributed by atoms with Gasteiger partial charge in [0.1, 0.15) is 11.1 Å². The summed E-state index contributed by atoms with van der Waals surface area (Å²) in [6, 6.07) is 12.7. The van der Waals surface area contributed by atoms with E-state index in [9.17, 15) is 19.7 Å². The van der Waals surface area contributed by atoms with E-state index in [4.69, 9.17) is 16.0 Å². The summed E-state index contributed by atoms with van der Waals surface area (Å²) in [6.45, 7) is 2.09. The second-order valence-electron chi connectivity index (χ2n) is 6.68. The molecule has 0 spiro atoms. The number of nitrogens with zero attached hydrogens (tertiary/aromatic N) is 3. The Kier molecular flexibility index (Phi) is 4.94. The summed E-state index contributed by atoms with van der Waals surface area (Å²) < 4.78 is 5.19. The smallest absolute Gasteiger partial charge is 0.349 e. The van der Waals surface area contributed by atoms with Crippen LogP contribution in [0.1, 0.15) is 10.4 Å². The molecule has 0 atom stereocenters. The summed E-state index contributed by atoms with van der Waals surface area (Å²) in [5.41, 5.74) is 0.194. The third kappa shape index (κ3) is 3.79. The van der Waals surface area contributed by atoms with Gasteiger partial charge in [-0.15, -0.1) is 0 Å². The number of rotatable bonds is 3. The van der Waals surface area contributed by atoms with Crippen molar-refractivity contribution in [1.82, 2.24) is 4.90 Å². The minimum absolute atomic E-state index is 0.127. The second-order valence-corrected chi connectivity index (χ2v) is 7.12. The largest absolute Gasteiger partial charge is 0.422 e. The number of amides is 1. The lowest BCUT2D eigenvalue weighted by Gasteiger charge is -2.36. The quantitative estimate of drug-likeness (QED) is 0.371. The summed E-state index contributed by atoms with van der Waals surface area (Å²) in [5, 5.41) is 12.0. The molecule has 148 valence electrons. The second kappa shape index (κ2) is 7.56. The maximum Gasteiger partial charge on any atom is 0.349 e. The van der Waals surface area contributed by atoms with Crippen LogP contribution in [0.15, 0.2) is 57.7 Å². The van der Waals surface area contributed by atoms with Gasteiger partial charge in [-0.1, -0.05) is 11.6 Å². The number of halogens is 1. The van der Waals surface area contributed by atoms with Gasteiger partial charge in [-0.25, -0.2) is 4.79 Å². The Labute approximate surface area is 170 Å². The molecule has 9 heteroatoms. The molecule has 1 aromatic heterocycles. The monoisotopic (exact) mass is 413 g/mol. The molecule has 4 rings (SSSR count). The average Bonchev–Trinajstić information content (AvgIpc) is 2.73. The lowest BCUT2D eigenvalue weighted by atomic mass is 10.1. The average molecular weight is 414 g/mol. The van der Waals surface area contributed by atoms with Gasteiger partial charge in [0.15, 0.2) is 0 Å². The van der Waals surface area contributed by atoms with E-state index in [-0.39, 0.29) is 16.8 Å². The first kappa shape index (κ1) is 18.9. The summed E-state index contributed by atoms with van der Waals surface area (Å²) in [6.07, 6.45) is 0. The number of fused-ring (bicyclic) bond motifs is 1. The van der Waals surface area contributed by atoms with Crippen molar-refractivity contribution in [3.63, 3.8) is 0 Å². The number of nitro benzene ring substituents is 1. The number of carbonyl (C=O) groups excluding carboxylic acids is 1. The number of non-ortho nitro benzene ring substituents is 1. The number of benzene rings is 2. The van der Waals surface area contributed by atoms with Crippen molar-refractivity contribution in [2.75, 3.05) is 31.1 Å². The van der Waals surface area contributed by atoms with Crippen LogP contribution in [-0.2, 0) is 0 Å². The van der Waals surface area contributed by atoms with Gasteiger partial charge >= 0.3 is 5.63 Å². The van der Waals surface area contributed by atoms with Crippen LogP contribution in [0.3, 0.4) is 0 Å². The zero-order valence-corrected chi connectivity index (χ0v) is 16.0. The first-order chi connectivity index (χ1) is 13.9. The Bertz CT molecular complexity index is 1150. The number of carbonyl (C=O) groups is 1. The number of piperazine rings is 1. The molecule has 0 aliphatic carbocycles. The number of hydrogen-bond donors (Lipinski definition) is 0. The van der Waals surface area contributed by atoms with Crippen molar-refractivity contribution < 1.29 is 14.1 Å². The normalized spacial score (nSPS) is 14.2. The van der Waals surface area contributed by atoms with E-state index >= 15 is 0 Å². The van der Waals surface area contributed by atoms with Crippen molar-refractivity contribution >= 4 is 39.9 Å². The minimum atomic E-state index is -0.753. The SMILES string of the molecule is O=C(c1cc2cc([N+](=O)[O-])ccc2oc1=O)N1CCN(c2ccc(Cl)cc2)CC1. The van der Waals surface area contributed by atoms with Crippen LogP contribution in [0.5, 0.6) is 0 Å². The zero-order chi connectivity index (χ0) is 20.5. The molecule has 1 amide bonds. The van der Waals surface area contributed by atoms with Crippen LogP contribution >= 0.6 is 11.6 Å². The summed E-state index contributed by atoms with van der Waals surface area (Å²) in [5.74, 6) is -0.442. The lowest BCUT2D eigenvalue weighted by molar-refractivity contribution is -0.384. The topological polar surface area (TPSA) is 96.9 Å². The molecule has 0 radical (unpaired) electrons. The van der Waals surface area contributed by atoms with Crippen LogP contribution in [0.25, 0.3) is 11.0 Å². The molecule has 0 saturated carbocycles. The molecule has 8 nitrogen and oxygen atoms in total. The molecule has 1 saturated heterocycles. The van der Waals surface area contributed by atoms with Crippen molar-refractivity contribution in [1.29, 1.82) is 0 Å². The molecule has 0 unspecified atom stereocenters. The Balaban J connectivity index is 1.54. The predicted molar refractivity (Wildman–Crippen MR) is 109 cm³/mol. The lowest BCUT2D eigenvalue weighted by Crippen LogP contribution is -2.49. The maximum atomic E-state index is 12.9. The third-order valence-electron chi connectivity index (χ3n) is 4.92. The van der Waals surface area contributed by atoms with E-state index in [1.54, 1.807) is 4.90 Å². The van der Waals surface area contributed by atoms with Gasteiger partial charge in [-0.2, -0.15) is 0 Å². The summed E-state index contributed by atoms with van der Waals surface area (Å²) >= 11 is 5.92. The maximum absolute atomic E-state index is 12.9. The van der Waals surface area contributed by atoms with E-state index in [1.165, 1.54) is 24.3 Å². The molecule has 1 aliphatic rings. The van der Waals surface area contributed by atoms with Crippen molar-refractivity contribution in [3.8, 4) is 0 Å². The first-order valence-electron chi connectivity index (χ1n) is 8.94. The van der Waals surface area contributed by atoms with Crippen molar-refractivity contribution in [3.05, 3.63) is 79.7 Å². The fourth-order valence-electron chi connectivity index (χ4n) is 3.36. The van der Waals surface area contributed by atoms with E-state index in [2.05, 4.69) is 4.90 Å². The highest BCUT2D eigenvalue weighted by Gasteiger charge is 2.25. The van der Waals surface area contributed by atoms with Gasteiger partial charge in [0.2, 0.25) is 0 Å². The van der Waals surface area contributed by atoms with E-state index in [0.29, 0.717) is 36.6 Å². The number of nitro groups is 1. The third-order valence-corrected chi connectivity index (χ3v) is 5.17. The van der Waals surface area contributed by atoms with Crippen LogP contribution in [-0.4, -0.2) is 41.9 Å². The molecule has 2 heterocycles. The number of anilines is 1. The highest BCUT2D eigenvalue weighted by molar-refractivity contribution is 6.30. The van der Waals surface area contributed by atoms with Gasteiger partial charge in [-0.3, -0.25) is 14.9 Å². The first-order valence-corrected chi connectivity index (χ1v) is 9.32. The molecule has 1 aliphatic heterocycles. The van der Waals surface area contributed by atoms with Gasteiger partial charge < -0.3 is 14.2 Å². The molecule has 29 heavy (non-hydrogen) atoms. The number of hydrogen-bond acceptors (Lipinski definition) is 6. The molecule has 0 N–H and O–H groups in total. The van der Waals surface area contributed by atoms with Crippen LogP contribution in [0.2, 0.25) is 5.02 Å². The molecule has 2 aromatic carbocycles. The molecule has 1 fully saturated rings. The van der Waals surface area contributed by atoms with Crippen LogP contribution in [0.4, 0.5) is 11.4 Å². The van der Waals surface area contributed by atoms with Crippen molar-refractivity contribution in [2.45, 2.75) is 0 Å². The summed E-state index contributed by atoms with van der Waals surface area (Å²) in [7, 11) is 0. The minimum Gasteiger partial charge on any atom is -0.422 e. The molecular formula is C20H16ClN3O5. The Morgan fingerprint density at radius 3 is 2.38 bits per heavy atom. The molecule has 3 aromatic rings. The Morgan fingerprint density at radius 2 is 1.72 bits per heavy atom. The van der Waals surface area contributed by atoms with Gasteiger partial charge in [0.25, 0.3) is 11.6 Å². The van der Waals surface area contributed by atoms with Crippen LogP contribution in [0, 0.1) is 10.1 Å². The molecular weight excluding hydrogens is 398 g/mol. The summed E-state index contributed by atoms with van der Waals surface area (Å²) in [4.78, 5) is 39.3. The van der Waals surface area contributed by atoms with Gasteiger partial charge in [0, 0.05) is 54.4 Å². The fourth-order valence-corrected chi connectivity index (χ4v) is 3.49. The standard InChI is InChI=1S/C20H16ClN3O5/c21-14-1-3-15(4-2-14)22-7-9-23(10-8-22)19(25)17-12-13-11-16(24(27)28)5-6-18(13)29-20(17)26/h1-6,11-12H,7-10H2. The van der Waals surface area contributed by atoms with E-state index in [0.717, 1.165) is 5.69 Å². The Hall–Kier alpha value is -3.39. The highest BCUT2D eigenvalue weighted by atomic mass is 35.5.